The molecule has 2 heterocycles. The van der Waals surface area contributed by atoms with Gasteiger partial charge in [-0.1, -0.05) is 54.6 Å². The second-order valence-electron chi connectivity index (χ2n) is 8.09. The number of hydrogen-bond acceptors (Lipinski definition) is 6. The fourth-order valence-electron chi connectivity index (χ4n) is 3.60. The fraction of sp³-hybridized carbons (Fsp3) is 0.192. The van der Waals surface area contributed by atoms with Crippen molar-refractivity contribution in [3.8, 4) is 17.3 Å². The van der Waals surface area contributed by atoms with Crippen molar-refractivity contribution in [1.82, 2.24) is 25.3 Å². The average molecular weight is 452 g/mol. The highest BCUT2D eigenvalue weighted by atomic mass is 16.2. The number of aryl methyl sites for hydroxylation is 1. The Morgan fingerprint density at radius 3 is 2.44 bits per heavy atom. The van der Waals surface area contributed by atoms with Crippen LogP contribution in [0.1, 0.15) is 35.6 Å². The van der Waals surface area contributed by atoms with Gasteiger partial charge in [-0.25, -0.2) is 4.98 Å². The molecule has 0 bridgehead atoms. The van der Waals surface area contributed by atoms with Crippen LogP contribution in [-0.2, 0) is 11.8 Å². The number of carbonyl (C=O) groups excluding carboxylic acids is 1. The second-order valence-corrected chi connectivity index (χ2v) is 8.09. The Kier molecular flexibility index (Phi) is 7.06. The zero-order valence-corrected chi connectivity index (χ0v) is 19.0. The lowest BCUT2D eigenvalue weighted by Gasteiger charge is -2.21. The summed E-state index contributed by atoms with van der Waals surface area (Å²) in [6.07, 6.45) is 3.47. The molecule has 2 N–H and O–H groups in total. The van der Waals surface area contributed by atoms with Crippen molar-refractivity contribution >= 4 is 11.7 Å². The Balaban J connectivity index is 1.46. The van der Waals surface area contributed by atoms with Crippen LogP contribution in [0, 0.1) is 11.3 Å². The lowest BCUT2D eigenvalue weighted by Crippen LogP contribution is -2.35. The van der Waals surface area contributed by atoms with Crippen LogP contribution in [0.3, 0.4) is 0 Å². The number of nitriles is 1. The van der Waals surface area contributed by atoms with Crippen LogP contribution < -0.4 is 10.6 Å². The van der Waals surface area contributed by atoms with E-state index in [4.69, 9.17) is 5.26 Å². The van der Waals surface area contributed by atoms with Gasteiger partial charge in [0.05, 0.1) is 17.8 Å². The van der Waals surface area contributed by atoms with Gasteiger partial charge in [-0.15, -0.1) is 5.10 Å². The van der Waals surface area contributed by atoms with E-state index in [0.29, 0.717) is 23.6 Å². The number of nitrogens with one attached hydrogen (secondary N) is 2. The highest BCUT2D eigenvalue weighted by molar-refractivity contribution is 5.94. The highest BCUT2D eigenvalue weighted by Crippen LogP contribution is 2.21. The zero-order valence-electron chi connectivity index (χ0n) is 19.0. The molecule has 2 aromatic heterocycles. The Morgan fingerprint density at radius 1 is 1.06 bits per heavy atom. The standard InChI is InChI=1S/C26H25N7O/c1-18(20-10-8-19(14-27)9-11-20)15-29-25(21-6-4-3-5-7-21)26(34)30-24-13-12-22(16-28-24)23-17-33(2)32-31-23/h3-13,16-18,25,29H,15H2,1-2H3,(H,28,30,34). The largest absolute Gasteiger partial charge is 0.309 e. The van der Waals surface area contributed by atoms with Gasteiger partial charge in [-0.2, -0.15) is 5.26 Å². The molecule has 8 nitrogen and oxygen atoms in total. The van der Waals surface area contributed by atoms with Crippen molar-refractivity contribution in [1.29, 1.82) is 5.26 Å². The summed E-state index contributed by atoms with van der Waals surface area (Å²) in [6.45, 7) is 2.67. The molecule has 0 radical (unpaired) electrons. The van der Waals surface area contributed by atoms with Crippen molar-refractivity contribution in [3.05, 3.63) is 95.8 Å². The molecule has 0 saturated heterocycles. The zero-order chi connectivity index (χ0) is 23.9. The molecule has 0 aliphatic carbocycles. The van der Waals surface area contributed by atoms with E-state index >= 15 is 0 Å². The molecule has 0 aliphatic rings. The molecular weight excluding hydrogens is 426 g/mol. The van der Waals surface area contributed by atoms with Gasteiger partial charge >= 0.3 is 0 Å². The van der Waals surface area contributed by atoms with E-state index in [-0.39, 0.29) is 11.8 Å². The number of carbonyl (C=O) groups is 1. The van der Waals surface area contributed by atoms with Crippen LogP contribution in [0.15, 0.2) is 79.1 Å². The molecule has 2 unspecified atom stereocenters. The summed E-state index contributed by atoms with van der Waals surface area (Å²) in [6, 6.07) is 22.3. The van der Waals surface area contributed by atoms with Crippen molar-refractivity contribution in [2.24, 2.45) is 7.05 Å². The topological polar surface area (TPSA) is 109 Å². The van der Waals surface area contributed by atoms with Crippen LogP contribution in [0.4, 0.5) is 5.82 Å². The molecule has 2 aromatic carbocycles. The van der Waals surface area contributed by atoms with E-state index in [2.05, 4.69) is 38.9 Å². The SMILES string of the molecule is CC(CNC(C(=O)Nc1ccc(-c2cn(C)nn2)cn1)c1ccccc1)c1ccc(C#N)cc1. The van der Waals surface area contributed by atoms with Gasteiger partial charge in [0.1, 0.15) is 17.6 Å². The summed E-state index contributed by atoms with van der Waals surface area (Å²) < 4.78 is 1.63. The highest BCUT2D eigenvalue weighted by Gasteiger charge is 2.22. The number of pyridine rings is 1. The molecule has 0 fully saturated rings. The Hall–Kier alpha value is -4.35. The maximum atomic E-state index is 13.2. The molecule has 2 atom stereocenters. The van der Waals surface area contributed by atoms with E-state index in [0.717, 1.165) is 16.7 Å². The Labute approximate surface area is 198 Å². The number of benzene rings is 2. The van der Waals surface area contributed by atoms with E-state index < -0.39 is 6.04 Å². The minimum atomic E-state index is -0.552. The average Bonchev–Trinajstić information content (AvgIpc) is 3.31. The lowest BCUT2D eigenvalue weighted by atomic mass is 9.98. The molecule has 0 spiro atoms. The van der Waals surface area contributed by atoms with Crippen molar-refractivity contribution < 1.29 is 4.79 Å². The molecule has 4 rings (SSSR count). The quantitative estimate of drug-likeness (QED) is 0.422. The van der Waals surface area contributed by atoms with E-state index in [1.807, 2.05) is 60.7 Å². The molecular formula is C26H25N7O. The van der Waals surface area contributed by atoms with E-state index in [9.17, 15) is 4.79 Å². The van der Waals surface area contributed by atoms with E-state index in [1.165, 1.54) is 0 Å². The molecule has 34 heavy (non-hydrogen) atoms. The maximum absolute atomic E-state index is 13.2. The fourth-order valence-corrected chi connectivity index (χ4v) is 3.60. The van der Waals surface area contributed by atoms with Crippen LogP contribution in [0.5, 0.6) is 0 Å². The smallest absolute Gasteiger partial charge is 0.247 e. The monoisotopic (exact) mass is 451 g/mol. The molecule has 4 aromatic rings. The van der Waals surface area contributed by atoms with Crippen molar-refractivity contribution in [2.45, 2.75) is 18.9 Å². The van der Waals surface area contributed by atoms with Gasteiger partial charge in [-0.05, 0) is 41.3 Å². The summed E-state index contributed by atoms with van der Waals surface area (Å²) in [5.41, 5.74) is 4.13. The van der Waals surface area contributed by atoms with E-state index in [1.54, 1.807) is 30.2 Å². The molecule has 8 heteroatoms. The molecule has 0 aliphatic heterocycles. The minimum absolute atomic E-state index is 0.149. The van der Waals surface area contributed by atoms with Crippen LogP contribution in [-0.4, -0.2) is 32.4 Å². The van der Waals surface area contributed by atoms with Crippen LogP contribution >= 0.6 is 0 Å². The van der Waals surface area contributed by atoms with Gasteiger partial charge in [0.15, 0.2) is 0 Å². The number of nitrogens with zero attached hydrogens (tertiary/aromatic N) is 5. The molecule has 0 saturated carbocycles. The summed E-state index contributed by atoms with van der Waals surface area (Å²) in [4.78, 5) is 17.6. The van der Waals surface area contributed by atoms with Gasteiger partial charge in [-0.3, -0.25) is 9.48 Å². The van der Waals surface area contributed by atoms with Gasteiger partial charge in [0.2, 0.25) is 5.91 Å². The van der Waals surface area contributed by atoms with Gasteiger partial charge in [0.25, 0.3) is 0 Å². The third-order valence-corrected chi connectivity index (χ3v) is 5.55. The Morgan fingerprint density at radius 2 is 1.82 bits per heavy atom. The third kappa shape index (κ3) is 5.52. The summed E-state index contributed by atoms with van der Waals surface area (Å²) >= 11 is 0. The lowest BCUT2D eigenvalue weighted by molar-refractivity contribution is -0.118. The van der Waals surface area contributed by atoms with Gasteiger partial charge in [0, 0.05) is 25.4 Å². The predicted octanol–water partition coefficient (Wildman–Crippen LogP) is 3.82. The number of rotatable bonds is 8. The first-order valence-electron chi connectivity index (χ1n) is 11.0. The maximum Gasteiger partial charge on any atom is 0.247 e. The number of anilines is 1. The third-order valence-electron chi connectivity index (χ3n) is 5.55. The van der Waals surface area contributed by atoms with Crippen molar-refractivity contribution in [2.75, 3.05) is 11.9 Å². The number of aromatic nitrogens is 4. The van der Waals surface area contributed by atoms with Crippen molar-refractivity contribution in [3.63, 3.8) is 0 Å². The minimum Gasteiger partial charge on any atom is -0.309 e. The number of hydrogen-bond donors (Lipinski definition) is 2. The summed E-state index contributed by atoms with van der Waals surface area (Å²) in [5, 5.41) is 23.3. The molecule has 170 valence electrons. The Bertz CT molecular complexity index is 1280. The first kappa shape index (κ1) is 22.8. The second kappa shape index (κ2) is 10.5. The first-order chi connectivity index (χ1) is 16.5. The van der Waals surface area contributed by atoms with Gasteiger partial charge < -0.3 is 10.6 Å². The predicted molar refractivity (Wildman–Crippen MR) is 130 cm³/mol. The normalized spacial score (nSPS) is 12.5. The molecule has 1 amide bonds. The van der Waals surface area contributed by atoms with Crippen LogP contribution in [0.25, 0.3) is 11.3 Å². The summed E-state index contributed by atoms with van der Waals surface area (Å²) in [7, 11) is 1.80. The summed E-state index contributed by atoms with van der Waals surface area (Å²) in [5.74, 6) is 0.412. The van der Waals surface area contributed by atoms with Crippen LogP contribution in [0.2, 0.25) is 0 Å². The number of amides is 1. The first-order valence-corrected chi connectivity index (χ1v) is 11.0.